The Labute approximate surface area is 220 Å². The highest BCUT2D eigenvalue weighted by Crippen LogP contribution is 2.36. The van der Waals surface area contributed by atoms with Gasteiger partial charge in [0.2, 0.25) is 0 Å². The van der Waals surface area contributed by atoms with Gasteiger partial charge in [-0.25, -0.2) is 9.79 Å². The van der Waals surface area contributed by atoms with Crippen molar-refractivity contribution >= 4 is 28.3 Å². The van der Waals surface area contributed by atoms with Crippen molar-refractivity contribution < 1.29 is 24.1 Å². The van der Waals surface area contributed by atoms with Gasteiger partial charge in [0.15, 0.2) is 17.4 Å². The monoisotopic (exact) mass is 511 g/mol. The van der Waals surface area contributed by atoms with E-state index < -0.39 is 5.97 Å². The molecule has 0 radical (unpaired) electrons. The number of aromatic nitrogens is 1. The highest BCUT2D eigenvalue weighted by atomic mass is 16.6. The van der Waals surface area contributed by atoms with Crippen molar-refractivity contribution in [3.63, 3.8) is 0 Å². The zero-order chi connectivity index (χ0) is 26.1. The van der Waals surface area contributed by atoms with E-state index in [4.69, 9.17) is 19.2 Å². The van der Waals surface area contributed by atoms with Crippen LogP contribution in [0.1, 0.15) is 39.9 Å². The molecule has 4 aromatic rings. The molecule has 3 aromatic carbocycles. The lowest BCUT2D eigenvalue weighted by molar-refractivity contribution is 0.0601. The summed E-state index contributed by atoms with van der Waals surface area (Å²) in [4.78, 5) is 22.5. The van der Waals surface area contributed by atoms with E-state index in [1.54, 1.807) is 18.2 Å². The molecule has 2 N–H and O–H groups in total. The van der Waals surface area contributed by atoms with E-state index in [1.807, 2.05) is 30.3 Å². The van der Waals surface area contributed by atoms with E-state index in [0.717, 1.165) is 36.3 Å². The molecule has 2 aliphatic heterocycles. The number of carbonyl (C=O) groups excluding carboxylic acids is 1. The zero-order valence-electron chi connectivity index (χ0n) is 21.2. The summed E-state index contributed by atoms with van der Waals surface area (Å²) in [6.45, 7) is 4.20. The van der Waals surface area contributed by atoms with E-state index in [9.17, 15) is 9.90 Å². The second-order valence-corrected chi connectivity index (χ2v) is 9.57. The third-order valence-electron chi connectivity index (χ3n) is 7.03. The van der Waals surface area contributed by atoms with Crippen LogP contribution in [-0.4, -0.2) is 60.1 Å². The SMILES string of the molecule is COC(=O)c1ccc2c(C(=Nc3ccc(CN4CCCC4)cc3)c3ccc4c(c3)OCCO4)c(O)[nH]c2c1. The van der Waals surface area contributed by atoms with Gasteiger partial charge in [-0.15, -0.1) is 0 Å². The fourth-order valence-corrected chi connectivity index (χ4v) is 5.13. The van der Waals surface area contributed by atoms with E-state index in [1.165, 1.54) is 25.5 Å². The van der Waals surface area contributed by atoms with E-state index in [0.29, 0.717) is 47.1 Å². The Morgan fingerprint density at radius 2 is 1.71 bits per heavy atom. The molecule has 1 fully saturated rings. The summed E-state index contributed by atoms with van der Waals surface area (Å²) in [5, 5.41) is 11.8. The molecule has 0 aliphatic carbocycles. The van der Waals surface area contributed by atoms with Gasteiger partial charge in [-0.05, 0) is 74.0 Å². The number of aliphatic imine (C=N–C) groups is 1. The van der Waals surface area contributed by atoms with Crippen LogP contribution >= 0.6 is 0 Å². The maximum atomic E-state index is 12.1. The third kappa shape index (κ3) is 4.70. The summed E-state index contributed by atoms with van der Waals surface area (Å²) in [5.74, 6) is 0.824. The van der Waals surface area contributed by atoms with Gasteiger partial charge in [0.05, 0.1) is 29.6 Å². The number of nitrogens with zero attached hydrogens (tertiary/aromatic N) is 2. The Hall–Kier alpha value is -4.30. The summed E-state index contributed by atoms with van der Waals surface area (Å²) in [5.41, 5.74) is 4.88. The number of aromatic hydroxyl groups is 1. The number of hydrogen-bond donors (Lipinski definition) is 2. The predicted octanol–water partition coefficient (Wildman–Crippen LogP) is 5.20. The van der Waals surface area contributed by atoms with Crippen molar-refractivity contribution in [2.75, 3.05) is 33.4 Å². The molecule has 0 unspecified atom stereocenters. The Bertz CT molecular complexity index is 1520. The largest absolute Gasteiger partial charge is 0.494 e. The van der Waals surface area contributed by atoms with Gasteiger partial charge in [0.1, 0.15) is 13.2 Å². The lowest BCUT2D eigenvalue weighted by Gasteiger charge is -2.19. The molecular formula is C30H29N3O5. The summed E-state index contributed by atoms with van der Waals surface area (Å²) >= 11 is 0. The number of nitrogens with one attached hydrogen (secondary N) is 1. The molecule has 6 rings (SSSR count). The first-order valence-electron chi connectivity index (χ1n) is 12.8. The molecule has 1 saturated heterocycles. The molecule has 0 spiro atoms. The highest BCUT2D eigenvalue weighted by Gasteiger charge is 2.22. The molecule has 0 bridgehead atoms. The maximum Gasteiger partial charge on any atom is 0.337 e. The number of carbonyl (C=O) groups is 1. The third-order valence-corrected chi connectivity index (χ3v) is 7.03. The fraction of sp³-hybridized carbons (Fsp3) is 0.267. The minimum Gasteiger partial charge on any atom is -0.494 e. The number of benzene rings is 3. The van der Waals surface area contributed by atoms with E-state index >= 15 is 0 Å². The van der Waals surface area contributed by atoms with Gasteiger partial charge in [0, 0.05) is 23.0 Å². The molecule has 3 heterocycles. The lowest BCUT2D eigenvalue weighted by atomic mass is 9.99. The van der Waals surface area contributed by atoms with Crippen molar-refractivity contribution in [2.24, 2.45) is 4.99 Å². The van der Waals surface area contributed by atoms with Crippen LogP contribution in [0.25, 0.3) is 10.9 Å². The number of hydrogen-bond acceptors (Lipinski definition) is 7. The normalized spacial score (nSPS) is 15.7. The van der Waals surface area contributed by atoms with Crippen molar-refractivity contribution in [3.05, 3.63) is 82.9 Å². The Morgan fingerprint density at radius 3 is 2.47 bits per heavy atom. The molecule has 2 aliphatic rings. The minimum atomic E-state index is -0.447. The Morgan fingerprint density at radius 1 is 0.974 bits per heavy atom. The van der Waals surface area contributed by atoms with Crippen LogP contribution in [0.3, 0.4) is 0 Å². The first kappa shape index (κ1) is 24.1. The van der Waals surface area contributed by atoms with Crippen LogP contribution in [0.5, 0.6) is 17.4 Å². The fourth-order valence-electron chi connectivity index (χ4n) is 5.13. The molecule has 194 valence electrons. The van der Waals surface area contributed by atoms with Gasteiger partial charge in [-0.1, -0.05) is 18.2 Å². The van der Waals surface area contributed by atoms with Crippen LogP contribution < -0.4 is 9.47 Å². The van der Waals surface area contributed by atoms with Crippen LogP contribution in [0.15, 0.2) is 65.7 Å². The number of fused-ring (bicyclic) bond motifs is 2. The number of likely N-dealkylation sites (tertiary alicyclic amines) is 1. The molecule has 8 nitrogen and oxygen atoms in total. The van der Waals surface area contributed by atoms with Crippen LogP contribution in [0.2, 0.25) is 0 Å². The summed E-state index contributed by atoms with van der Waals surface area (Å²) in [7, 11) is 1.34. The molecule has 0 atom stereocenters. The Kier molecular flexibility index (Phi) is 6.47. The van der Waals surface area contributed by atoms with Gasteiger partial charge >= 0.3 is 5.97 Å². The second-order valence-electron chi connectivity index (χ2n) is 9.57. The first-order chi connectivity index (χ1) is 18.6. The number of esters is 1. The number of methoxy groups -OCH3 is 1. The molecular weight excluding hydrogens is 482 g/mol. The van der Waals surface area contributed by atoms with E-state index in [2.05, 4.69) is 22.0 Å². The zero-order valence-corrected chi connectivity index (χ0v) is 21.2. The average Bonchev–Trinajstić information content (AvgIpc) is 3.58. The molecule has 8 heteroatoms. The van der Waals surface area contributed by atoms with Crippen molar-refractivity contribution in [3.8, 4) is 17.4 Å². The molecule has 38 heavy (non-hydrogen) atoms. The first-order valence-corrected chi connectivity index (χ1v) is 12.8. The lowest BCUT2D eigenvalue weighted by Crippen LogP contribution is -2.18. The predicted molar refractivity (Wildman–Crippen MR) is 145 cm³/mol. The van der Waals surface area contributed by atoms with Crippen LogP contribution in [-0.2, 0) is 11.3 Å². The van der Waals surface area contributed by atoms with Gasteiger partial charge < -0.3 is 24.3 Å². The van der Waals surface area contributed by atoms with E-state index in [-0.39, 0.29) is 5.88 Å². The van der Waals surface area contributed by atoms with Crippen molar-refractivity contribution in [1.82, 2.24) is 9.88 Å². The number of H-pyrrole nitrogens is 1. The molecule has 1 aromatic heterocycles. The average molecular weight is 512 g/mol. The molecule has 0 amide bonds. The van der Waals surface area contributed by atoms with Gasteiger partial charge in [0.25, 0.3) is 0 Å². The minimum absolute atomic E-state index is 0.0405. The highest BCUT2D eigenvalue weighted by molar-refractivity contribution is 6.22. The van der Waals surface area contributed by atoms with Crippen LogP contribution in [0.4, 0.5) is 5.69 Å². The summed E-state index contributed by atoms with van der Waals surface area (Å²) in [6.07, 6.45) is 2.52. The molecule has 0 saturated carbocycles. The maximum absolute atomic E-state index is 12.1. The Balaban J connectivity index is 1.44. The number of aromatic amines is 1. The number of ether oxygens (including phenoxy) is 3. The van der Waals surface area contributed by atoms with Crippen LogP contribution in [0, 0.1) is 0 Å². The topological polar surface area (TPSA) is 96.4 Å². The summed E-state index contributed by atoms with van der Waals surface area (Å²) in [6, 6.07) is 19.0. The second kappa shape index (κ2) is 10.2. The summed E-state index contributed by atoms with van der Waals surface area (Å²) < 4.78 is 16.4. The standard InChI is InChI=1S/C30H29N3O5/c1-36-30(35)21-6-10-23-24(16-21)32-29(34)27(23)28(20-7-11-25-26(17-20)38-15-14-37-25)31-22-8-4-19(5-9-22)18-33-12-2-3-13-33/h4-11,16-17,32,34H,2-3,12-15,18H2,1H3. The number of rotatable bonds is 6. The van der Waals surface area contributed by atoms with Gasteiger partial charge in [-0.2, -0.15) is 0 Å². The smallest absolute Gasteiger partial charge is 0.337 e. The quantitative estimate of drug-likeness (QED) is 0.273. The van der Waals surface area contributed by atoms with Crippen molar-refractivity contribution in [2.45, 2.75) is 19.4 Å². The van der Waals surface area contributed by atoms with Crippen molar-refractivity contribution in [1.29, 1.82) is 0 Å². The van der Waals surface area contributed by atoms with Gasteiger partial charge in [-0.3, -0.25) is 4.90 Å².